The lowest BCUT2D eigenvalue weighted by Crippen LogP contribution is -2.22. The summed E-state index contributed by atoms with van der Waals surface area (Å²) < 4.78 is 0. The third-order valence-electron chi connectivity index (χ3n) is 2.56. The van der Waals surface area contributed by atoms with Crippen LogP contribution in [0.15, 0.2) is 24.4 Å². The van der Waals surface area contributed by atoms with Crippen molar-refractivity contribution in [2.24, 2.45) is 0 Å². The minimum atomic E-state index is -0.983. The maximum Gasteiger partial charge on any atom is 0.339 e. The summed E-state index contributed by atoms with van der Waals surface area (Å²) >= 11 is 0. The normalized spacial score (nSPS) is 19.4. The molecule has 0 spiro atoms. The number of anilines is 1. The molecule has 0 amide bonds. The summed E-state index contributed by atoms with van der Waals surface area (Å²) in [5, 5.41) is 19.6. The Labute approximate surface area is 93.2 Å². The molecule has 5 nitrogen and oxygen atoms in total. The number of carboxylic acid groups (broad SMARTS) is 1. The highest BCUT2D eigenvalue weighted by Crippen LogP contribution is 2.18. The van der Waals surface area contributed by atoms with Gasteiger partial charge in [-0.05, 0) is 25.3 Å². The molecule has 1 unspecified atom stereocenters. The fourth-order valence-corrected chi connectivity index (χ4v) is 1.73. The summed E-state index contributed by atoms with van der Waals surface area (Å²) in [6, 6.07) is 1.70. The van der Waals surface area contributed by atoms with Crippen LogP contribution < -0.4 is 5.32 Å². The van der Waals surface area contributed by atoms with Gasteiger partial charge in [-0.1, -0.05) is 12.2 Å². The van der Waals surface area contributed by atoms with E-state index in [1.165, 1.54) is 12.3 Å². The first-order valence-corrected chi connectivity index (χ1v) is 5.24. The molecule has 5 heteroatoms. The fraction of sp³-hybridized carbons (Fsp3) is 0.364. The van der Waals surface area contributed by atoms with E-state index in [0.29, 0.717) is 5.82 Å². The van der Waals surface area contributed by atoms with E-state index in [1.54, 1.807) is 0 Å². The first-order valence-electron chi connectivity index (χ1n) is 5.24. The van der Waals surface area contributed by atoms with E-state index >= 15 is 0 Å². The molecule has 2 rings (SSSR count). The Hall–Kier alpha value is -1.91. The lowest BCUT2D eigenvalue weighted by molar-refractivity contribution is 0.0697. The molecule has 0 bridgehead atoms. The highest BCUT2D eigenvalue weighted by atomic mass is 16.4. The molecule has 0 aromatic carbocycles. The molecule has 1 aliphatic rings. The quantitative estimate of drug-likeness (QED) is 0.757. The Bertz CT molecular complexity index is 417. The molecule has 1 atom stereocenters. The van der Waals surface area contributed by atoms with Gasteiger partial charge in [0.15, 0.2) is 5.82 Å². The number of carbonyl (C=O) groups is 1. The monoisotopic (exact) mass is 219 g/mol. The van der Waals surface area contributed by atoms with Crippen LogP contribution in [0.1, 0.15) is 29.6 Å². The Kier molecular flexibility index (Phi) is 3.14. The summed E-state index contributed by atoms with van der Waals surface area (Å²) in [6.45, 7) is 0. The van der Waals surface area contributed by atoms with Gasteiger partial charge in [-0.15, -0.1) is 5.10 Å². The van der Waals surface area contributed by atoms with E-state index in [-0.39, 0.29) is 11.6 Å². The van der Waals surface area contributed by atoms with E-state index < -0.39 is 5.97 Å². The largest absolute Gasteiger partial charge is 0.478 e. The van der Waals surface area contributed by atoms with Crippen LogP contribution in [-0.4, -0.2) is 27.3 Å². The topological polar surface area (TPSA) is 75.1 Å². The minimum absolute atomic E-state index is 0.171. The van der Waals surface area contributed by atoms with Gasteiger partial charge in [0.2, 0.25) is 0 Å². The van der Waals surface area contributed by atoms with Gasteiger partial charge in [0.05, 0.1) is 6.20 Å². The molecule has 0 saturated heterocycles. The summed E-state index contributed by atoms with van der Waals surface area (Å²) in [4.78, 5) is 10.9. The molecule has 1 aromatic rings. The number of nitrogens with zero attached hydrogens (tertiary/aromatic N) is 2. The van der Waals surface area contributed by atoms with Gasteiger partial charge in [0.1, 0.15) is 5.56 Å². The SMILES string of the molecule is O=C(O)c1ccnnc1NC1CC=CCC1. The molecule has 84 valence electrons. The maximum atomic E-state index is 10.9. The van der Waals surface area contributed by atoms with Gasteiger partial charge in [-0.2, -0.15) is 5.10 Å². The summed E-state index contributed by atoms with van der Waals surface area (Å²) in [5.74, 6) is -0.626. The van der Waals surface area contributed by atoms with Gasteiger partial charge in [-0.3, -0.25) is 0 Å². The predicted molar refractivity (Wildman–Crippen MR) is 59.4 cm³/mol. The van der Waals surface area contributed by atoms with Crippen molar-refractivity contribution in [3.63, 3.8) is 0 Å². The Balaban J connectivity index is 2.14. The average Bonchev–Trinajstić information content (AvgIpc) is 2.31. The number of aromatic carboxylic acids is 1. The van der Waals surface area contributed by atoms with E-state index in [2.05, 4.69) is 27.7 Å². The zero-order valence-corrected chi connectivity index (χ0v) is 8.76. The third-order valence-corrected chi connectivity index (χ3v) is 2.56. The molecule has 16 heavy (non-hydrogen) atoms. The lowest BCUT2D eigenvalue weighted by Gasteiger charge is -2.20. The van der Waals surface area contributed by atoms with Gasteiger partial charge < -0.3 is 10.4 Å². The van der Waals surface area contributed by atoms with Crippen LogP contribution in [-0.2, 0) is 0 Å². The van der Waals surface area contributed by atoms with Crippen LogP contribution in [0.5, 0.6) is 0 Å². The van der Waals surface area contributed by atoms with Crippen molar-refractivity contribution in [1.82, 2.24) is 10.2 Å². The van der Waals surface area contributed by atoms with Crippen molar-refractivity contribution in [2.45, 2.75) is 25.3 Å². The number of aromatic nitrogens is 2. The van der Waals surface area contributed by atoms with E-state index in [4.69, 9.17) is 5.11 Å². The second-order valence-electron chi connectivity index (χ2n) is 3.72. The molecular weight excluding hydrogens is 206 g/mol. The molecule has 1 aromatic heterocycles. The van der Waals surface area contributed by atoms with Crippen molar-refractivity contribution in [3.05, 3.63) is 30.0 Å². The molecular formula is C11H13N3O2. The van der Waals surface area contributed by atoms with E-state index in [1.807, 2.05) is 0 Å². The fourth-order valence-electron chi connectivity index (χ4n) is 1.73. The van der Waals surface area contributed by atoms with Crippen LogP contribution in [0.25, 0.3) is 0 Å². The second-order valence-corrected chi connectivity index (χ2v) is 3.72. The lowest BCUT2D eigenvalue weighted by atomic mass is 10.0. The number of allylic oxidation sites excluding steroid dienone is 1. The van der Waals surface area contributed by atoms with Crippen molar-refractivity contribution in [1.29, 1.82) is 0 Å². The van der Waals surface area contributed by atoms with Crippen molar-refractivity contribution in [2.75, 3.05) is 5.32 Å². The summed E-state index contributed by atoms with van der Waals surface area (Å²) in [5.41, 5.74) is 0.171. The molecule has 0 radical (unpaired) electrons. The van der Waals surface area contributed by atoms with E-state index in [0.717, 1.165) is 19.3 Å². The predicted octanol–water partition coefficient (Wildman–Crippen LogP) is 1.70. The van der Waals surface area contributed by atoms with Crippen LogP contribution in [0, 0.1) is 0 Å². The van der Waals surface area contributed by atoms with Crippen LogP contribution >= 0.6 is 0 Å². The molecule has 1 heterocycles. The zero-order chi connectivity index (χ0) is 11.4. The Morgan fingerprint density at radius 3 is 3.06 bits per heavy atom. The number of hydrogen-bond donors (Lipinski definition) is 2. The zero-order valence-electron chi connectivity index (χ0n) is 8.76. The average molecular weight is 219 g/mol. The number of carboxylic acids is 1. The first kappa shape index (κ1) is 10.6. The number of hydrogen-bond acceptors (Lipinski definition) is 4. The smallest absolute Gasteiger partial charge is 0.339 e. The van der Waals surface area contributed by atoms with Gasteiger partial charge in [-0.25, -0.2) is 4.79 Å². The van der Waals surface area contributed by atoms with E-state index in [9.17, 15) is 4.79 Å². The van der Waals surface area contributed by atoms with Gasteiger partial charge >= 0.3 is 5.97 Å². The van der Waals surface area contributed by atoms with Crippen molar-refractivity contribution >= 4 is 11.8 Å². The van der Waals surface area contributed by atoms with Gasteiger partial charge in [0, 0.05) is 6.04 Å². The highest BCUT2D eigenvalue weighted by molar-refractivity contribution is 5.92. The maximum absolute atomic E-state index is 10.9. The Morgan fingerprint density at radius 2 is 2.38 bits per heavy atom. The summed E-state index contributed by atoms with van der Waals surface area (Å²) in [7, 11) is 0. The van der Waals surface area contributed by atoms with Crippen molar-refractivity contribution < 1.29 is 9.90 Å². The van der Waals surface area contributed by atoms with Crippen LogP contribution in [0.3, 0.4) is 0 Å². The molecule has 0 aliphatic heterocycles. The van der Waals surface area contributed by atoms with Crippen molar-refractivity contribution in [3.8, 4) is 0 Å². The number of rotatable bonds is 3. The highest BCUT2D eigenvalue weighted by Gasteiger charge is 2.15. The van der Waals surface area contributed by atoms with Crippen LogP contribution in [0.4, 0.5) is 5.82 Å². The van der Waals surface area contributed by atoms with Crippen LogP contribution in [0.2, 0.25) is 0 Å². The minimum Gasteiger partial charge on any atom is -0.478 e. The number of nitrogens with one attached hydrogen (secondary N) is 1. The molecule has 0 fully saturated rings. The Morgan fingerprint density at radius 1 is 1.50 bits per heavy atom. The van der Waals surface area contributed by atoms with Gasteiger partial charge in [0.25, 0.3) is 0 Å². The first-order chi connectivity index (χ1) is 7.77. The third kappa shape index (κ3) is 2.36. The molecule has 0 saturated carbocycles. The molecule has 2 N–H and O–H groups in total. The summed E-state index contributed by atoms with van der Waals surface area (Å²) in [6.07, 6.45) is 8.52. The second kappa shape index (κ2) is 4.74. The molecule has 1 aliphatic carbocycles. The standard InChI is InChI=1S/C11H13N3O2/c15-11(16)9-6-7-12-14-10(9)13-8-4-2-1-3-5-8/h1-2,6-8H,3-5H2,(H,13,14)(H,15,16).